The lowest BCUT2D eigenvalue weighted by molar-refractivity contribution is -0.274. The number of guanidine groups is 4. The lowest BCUT2D eigenvalue weighted by Gasteiger charge is -2.22. The van der Waals surface area contributed by atoms with Crippen molar-refractivity contribution in [1.82, 2.24) is 25.2 Å². The van der Waals surface area contributed by atoms with Gasteiger partial charge in [-0.05, 0) is 145 Å². The van der Waals surface area contributed by atoms with Crippen LogP contribution in [-0.4, -0.2) is 90.7 Å². The first-order valence-electron chi connectivity index (χ1n) is 27.6. The van der Waals surface area contributed by atoms with E-state index in [4.69, 9.17) is 70.2 Å². The number of pyridine rings is 1. The molecule has 8 N–H and O–H groups in total. The number of aromatic nitrogens is 1. The zero-order valence-corrected chi connectivity index (χ0v) is 51.6. The summed E-state index contributed by atoms with van der Waals surface area (Å²) in [6.07, 6.45) is -1.14. The molecule has 0 fully saturated rings. The van der Waals surface area contributed by atoms with E-state index in [0.29, 0.717) is 39.1 Å². The summed E-state index contributed by atoms with van der Waals surface area (Å²) in [6, 6.07) is 54.3. The van der Waals surface area contributed by atoms with Crippen molar-refractivity contribution in [3.8, 4) is 56.0 Å². The van der Waals surface area contributed by atoms with Crippen molar-refractivity contribution in [3.63, 3.8) is 0 Å². The minimum atomic E-state index is -4.73. The number of aliphatic imine (C=N–C) groups is 4. The molecule has 0 saturated carbocycles. The molecule has 0 amide bonds. The summed E-state index contributed by atoms with van der Waals surface area (Å²) in [7, 11) is 8.53. The Morgan fingerprint density at radius 1 is 0.404 bits per heavy atom. The third kappa shape index (κ3) is 15.3. The Morgan fingerprint density at radius 2 is 0.708 bits per heavy atom. The number of rotatable bonds is 10. The third-order valence-corrected chi connectivity index (χ3v) is 14.9. The molecule has 24 heteroatoms. The molecule has 1 aromatic heterocycles. The van der Waals surface area contributed by atoms with E-state index < -0.39 is 29.3 Å². The fourth-order valence-corrected chi connectivity index (χ4v) is 10.4. The van der Waals surface area contributed by atoms with E-state index in [1.54, 1.807) is 78.8 Å². The van der Waals surface area contributed by atoms with Crippen LogP contribution in [0.2, 0.25) is 10.0 Å². The summed E-state index contributed by atoms with van der Waals surface area (Å²) in [5.74, 6) is 1.88. The van der Waals surface area contributed by atoms with E-state index in [1.165, 1.54) is 38.5 Å². The van der Waals surface area contributed by atoms with Gasteiger partial charge in [0.25, 0.3) is 0 Å². The molecular weight excluding hydrogens is 1190 g/mol. The molecule has 462 valence electrons. The highest BCUT2D eigenvalue weighted by atomic mass is 35.5. The Morgan fingerprint density at radius 3 is 1.02 bits per heavy atom. The summed E-state index contributed by atoms with van der Waals surface area (Å²) >= 11 is 12.2. The van der Waals surface area contributed by atoms with Crippen molar-refractivity contribution in [3.05, 3.63) is 221 Å². The van der Waals surface area contributed by atoms with Crippen molar-refractivity contribution >= 4 is 47.0 Å². The number of hydrogen-bond donors (Lipinski definition) is 4. The number of alkyl halides is 3. The zero-order chi connectivity index (χ0) is 64.1. The summed E-state index contributed by atoms with van der Waals surface area (Å²) in [5, 5.41) is 6.99. The molecule has 4 aliphatic rings. The van der Waals surface area contributed by atoms with Crippen molar-refractivity contribution in [2.45, 2.75) is 57.0 Å². The quantitative estimate of drug-likeness (QED) is 0.0997. The van der Waals surface area contributed by atoms with Crippen LogP contribution in [0.15, 0.2) is 208 Å². The second-order valence-corrected chi connectivity index (χ2v) is 22.1. The van der Waals surface area contributed by atoms with Gasteiger partial charge in [-0.1, -0.05) is 126 Å². The monoisotopic (exact) mass is 1250 g/mol. The minimum absolute atomic E-state index is 0.244. The van der Waals surface area contributed by atoms with Gasteiger partial charge < -0.3 is 32.4 Å². The molecule has 0 saturated heterocycles. The highest BCUT2D eigenvalue weighted by Crippen LogP contribution is 2.40. The SMILES string of the molecule is CN1OC(C)(c2cccc(-c3cc(Cl)cc(Cl)c3)c2)N=C1N.CN1OC(C)(c2cccc(-c3cccc(OC(F)(F)F)c3)c2)N=C1N.CN1OC(C)(c2cccc(-c3cccnc3)c2)N=C1N.COc1cccc(-c2cccc(C3(C)N=C(N)N(C)O3)c2)c1. The molecule has 7 aromatic carbocycles. The first-order chi connectivity index (χ1) is 42.1. The molecule has 89 heavy (non-hydrogen) atoms. The first-order valence-corrected chi connectivity index (χ1v) is 28.3. The second kappa shape index (κ2) is 26.1. The molecule has 0 radical (unpaired) electrons. The highest BCUT2D eigenvalue weighted by molar-refractivity contribution is 6.35. The van der Waals surface area contributed by atoms with Crippen molar-refractivity contribution in [2.24, 2.45) is 42.9 Å². The van der Waals surface area contributed by atoms with Gasteiger partial charge in [0.05, 0.1) is 7.11 Å². The molecule has 12 rings (SSSR count). The molecule has 4 aliphatic heterocycles. The van der Waals surface area contributed by atoms with E-state index in [9.17, 15) is 13.2 Å². The van der Waals surface area contributed by atoms with Crippen LogP contribution in [0.5, 0.6) is 11.5 Å². The van der Waals surface area contributed by atoms with Crippen LogP contribution in [0.4, 0.5) is 13.2 Å². The Bertz CT molecular complexity index is 3980. The van der Waals surface area contributed by atoms with Crippen molar-refractivity contribution in [2.75, 3.05) is 35.3 Å². The van der Waals surface area contributed by atoms with E-state index in [-0.39, 0.29) is 11.7 Å². The maximum Gasteiger partial charge on any atom is 0.573 e. The Hall–Kier alpha value is -9.42. The number of nitrogens with two attached hydrogens (primary N) is 4. The normalized spacial score (nSPS) is 21.1. The predicted molar refractivity (Wildman–Crippen MR) is 340 cm³/mol. The molecule has 0 bridgehead atoms. The number of ether oxygens (including phenoxy) is 2. The average molecular weight is 1250 g/mol. The largest absolute Gasteiger partial charge is 0.573 e. The Balaban J connectivity index is 0.000000141. The molecule has 19 nitrogen and oxygen atoms in total. The number of methoxy groups -OCH3 is 1. The van der Waals surface area contributed by atoms with Gasteiger partial charge in [0.1, 0.15) is 11.5 Å². The summed E-state index contributed by atoms with van der Waals surface area (Å²) in [6.45, 7) is 7.42. The fourth-order valence-electron chi connectivity index (χ4n) is 9.84. The molecule has 5 heterocycles. The number of hydrogen-bond acceptors (Lipinski definition) is 19. The number of hydroxylamine groups is 8. The predicted octanol–water partition coefficient (Wildman–Crippen LogP) is 12.5. The Kier molecular flexibility index (Phi) is 18.8. The van der Waals surface area contributed by atoms with Crippen LogP contribution in [0.3, 0.4) is 0 Å². The molecule has 4 atom stereocenters. The Labute approximate surface area is 523 Å². The first kappa shape index (κ1) is 64.1. The van der Waals surface area contributed by atoms with Crippen LogP contribution in [0.1, 0.15) is 49.9 Å². The van der Waals surface area contributed by atoms with Crippen molar-refractivity contribution in [1.29, 1.82) is 0 Å². The van der Waals surface area contributed by atoms with Gasteiger partial charge in [-0.3, -0.25) is 4.98 Å². The molecule has 4 unspecified atom stereocenters. The maximum absolute atomic E-state index is 12.4. The molecule has 0 aliphatic carbocycles. The molecule has 8 aromatic rings. The van der Waals surface area contributed by atoms with E-state index >= 15 is 0 Å². The average Bonchev–Trinajstić information content (AvgIpc) is 1.85. The lowest BCUT2D eigenvalue weighted by atomic mass is 9.98. The molecule has 0 spiro atoms. The van der Waals surface area contributed by atoms with E-state index in [1.807, 2.05) is 148 Å². The zero-order valence-electron chi connectivity index (χ0n) is 50.1. The highest BCUT2D eigenvalue weighted by Gasteiger charge is 2.40. The third-order valence-electron chi connectivity index (χ3n) is 14.4. The summed E-state index contributed by atoms with van der Waals surface area (Å²) in [4.78, 5) is 44.5. The van der Waals surface area contributed by atoms with Gasteiger partial charge in [-0.25, -0.2) is 59.6 Å². The van der Waals surface area contributed by atoms with E-state index in [2.05, 4.69) is 35.8 Å². The minimum Gasteiger partial charge on any atom is -0.497 e. The van der Waals surface area contributed by atoms with Gasteiger partial charge >= 0.3 is 6.36 Å². The van der Waals surface area contributed by atoms with Crippen LogP contribution in [-0.2, 0) is 42.3 Å². The van der Waals surface area contributed by atoms with Crippen LogP contribution in [0.25, 0.3) is 44.5 Å². The van der Waals surface area contributed by atoms with Gasteiger partial charge in [0, 0.05) is 72.9 Å². The van der Waals surface area contributed by atoms with Crippen LogP contribution in [0, 0.1) is 0 Å². The van der Waals surface area contributed by atoms with Gasteiger partial charge in [0.2, 0.25) is 46.7 Å². The van der Waals surface area contributed by atoms with Gasteiger partial charge in [-0.15, -0.1) is 13.2 Å². The summed E-state index contributed by atoms with van der Waals surface area (Å²) in [5.41, 5.74) is 30.7. The van der Waals surface area contributed by atoms with Gasteiger partial charge in [0.15, 0.2) is 0 Å². The smallest absolute Gasteiger partial charge is 0.497 e. The van der Waals surface area contributed by atoms with Crippen molar-refractivity contribution < 1.29 is 42.0 Å². The summed E-state index contributed by atoms with van der Waals surface area (Å²) < 4.78 is 46.5. The standard InChI is InChI=1S/C17H16F3N3O2.C17H19N3O2.C16H15Cl2N3O.C15H16N4O/c1-16(22-15(21)23(2)25-16)13-7-3-5-11(9-13)12-6-4-8-14(10-12)24-17(18,19)20;1-17(19-16(18)20(2)22-17)14-8-4-6-12(10-14)13-7-5-9-15(11-13)21-3;1-16(20-15(19)21(2)22-16)12-5-3-4-10(6-12)11-7-13(17)9-14(18)8-11;1-15(18-14(16)19(2)20-15)13-7-3-5-11(9-13)12-6-4-8-17-10-12/h3-10H,1-2H3,(H2,21,22);4-11H,1-3H3,(H2,18,19);3-9H,1-2H3,(H2,19,20);3-10H,1-2H3,(H2,16,18). The number of nitrogens with zero attached hydrogens (tertiary/aromatic N) is 9. The van der Waals surface area contributed by atoms with Crippen LogP contribution >= 0.6 is 23.2 Å². The van der Waals surface area contributed by atoms with E-state index in [0.717, 1.165) is 61.4 Å². The van der Waals surface area contributed by atoms with Gasteiger partial charge in [-0.2, -0.15) is 0 Å². The number of benzene rings is 7. The second-order valence-electron chi connectivity index (χ2n) is 21.2. The fraction of sp³-hybridized carbons (Fsp3) is 0.215. The number of halogens is 5. The lowest BCUT2D eigenvalue weighted by Crippen LogP contribution is -2.30. The van der Waals surface area contributed by atoms with Crippen LogP contribution < -0.4 is 32.4 Å². The maximum atomic E-state index is 12.4. The molecular formula is C65H66Cl2F3N13O6. The topological polar surface area (TPSA) is 235 Å².